The van der Waals surface area contributed by atoms with Crippen LogP contribution >= 0.6 is 11.3 Å². The van der Waals surface area contributed by atoms with Crippen LogP contribution in [0, 0.1) is 12.7 Å². The number of pyridine rings is 1. The van der Waals surface area contributed by atoms with Gasteiger partial charge in [-0.25, -0.2) is 14.2 Å². The number of halogens is 1. The molecular weight excluding hydrogens is 305 g/mol. The second-order valence-electron chi connectivity index (χ2n) is 4.75. The first-order valence-corrected chi connectivity index (χ1v) is 7.36. The maximum atomic E-state index is 13.1. The fourth-order valence-corrected chi connectivity index (χ4v) is 3.43. The van der Waals surface area contributed by atoms with E-state index >= 15 is 0 Å². The summed E-state index contributed by atoms with van der Waals surface area (Å²) in [4.78, 5) is 15.8. The van der Waals surface area contributed by atoms with E-state index in [2.05, 4.69) is 9.72 Å². The zero-order chi connectivity index (χ0) is 15.9. The summed E-state index contributed by atoms with van der Waals surface area (Å²) in [5.41, 5.74) is 2.17. The molecule has 1 aromatic carbocycles. The van der Waals surface area contributed by atoms with E-state index in [0.717, 1.165) is 16.5 Å². The minimum absolute atomic E-state index is 0.0972. The van der Waals surface area contributed by atoms with Crippen molar-refractivity contribution in [2.45, 2.75) is 6.92 Å². The lowest BCUT2D eigenvalue weighted by molar-refractivity contribution is 0.0590. The number of aromatic hydroxyl groups is 1. The first-order valence-electron chi connectivity index (χ1n) is 6.48. The lowest BCUT2D eigenvalue weighted by Crippen LogP contribution is -2.05. The quantitative estimate of drug-likeness (QED) is 0.728. The van der Waals surface area contributed by atoms with Crippen molar-refractivity contribution in [3.05, 3.63) is 46.9 Å². The van der Waals surface area contributed by atoms with E-state index in [-0.39, 0.29) is 17.3 Å². The highest BCUT2D eigenvalue weighted by Crippen LogP contribution is 2.41. The number of hydrogen-bond donors (Lipinski definition) is 1. The van der Waals surface area contributed by atoms with Crippen molar-refractivity contribution < 1.29 is 19.0 Å². The summed E-state index contributed by atoms with van der Waals surface area (Å²) in [6.45, 7) is 1.76. The van der Waals surface area contributed by atoms with E-state index in [9.17, 15) is 14.3 Å². The number of carbonyl (C=O) groups excluding carboxylic acids is 1. The topological polar surface area (TPSA) is 59.4 Å². The summed E-state index contributed by atoms with van der Waals surface area (Å²) < 4.78 is 18.3. The monoisotopic (exact) mass is 317 g/mol. The predicted octanol–water partition coefficient (Wildman–Crippen LogP) is 3.90. The summed E-state index contributed by atoms with van der Waals surface area (Å²) >= 11 is 1.30. The Kier molecular flexibility index (Phi) is 3.54. The summed E-state index contributed by atoms with van der Waals surface area (Å²) in [5.74, 6) is -1.18. The fourth-order valence-electron chi connectivity index (χ4n) is 2.36. The van der Waals surface area contributed by atoms with Crippen LogP contribution in [-0.4, -0.2) is 23.2 Å². The molecule has 0 aliphatic heterocycles. The third kappa shape index (κ3) is 2.21. The molecule has 4 nitrogen and oxygen atoms in total. The molecule has 0 fully saturated rings. The fraction of sp³-hybridized carbons (Fsp3) is 0.125. The van der Waals surface area contributed by atoms with Crippen molar-refractivity contribution in [2.75, 3.05) is 7.11 Å². The highest BCUT2D eigenvalue weighted by molar-refractivity contribution is 7.18. The molecule has 0 aliphatic rings. The molecule has 0 aliphatic carbocycles. The SMILES string of the molecule is COC(=O)c1nc(C)c2c(-c3ccc(F)cc3)csc2c1O. The molecule has 0 bridgehead atoms. The van der Waals surface area contributed by atoms with Crippen molar-refractivity contribution >= 4 is 27.4 Å². The molecule has 2 heterocycles. The maximum absolute atomic E-state index is 13.1. The lowest BCUT2D eigenvalue weighted by atomic mass is 10.0. The van der Waals surface area contributed by atoms with Gasteiger partial charge in [0.1, 0.15) is 5.82 Å². The molecule has 0 unspecified atom stereocenters. The van der Waals surface area contributed by atoms with Crippen LogP contribution in [0.25, 0.3) is 21.2 Å². The summed E-state index contributed by atoms with van der Waals surface area (Å²) in [6.07, 6.45) is 0. The Labute approximate surface area is 129 Å². The lowest BCUT2D eigenvalue weighted by Gasteiger charge is -2.07. The molecule has 22 heavy (non-hydrogen) atoms. The zero-order valence-corrected chi connectivity index (χ0v) is 12.7. The molecule has 0 saturated heterocycles. The van der Waals surface area contributed by atoms with Gasteiger partial charge in [-0.2, -0.15) is 0 Å². The van der Waals surface area contributed by atoms with Crippen LogP contribution in [0.1, 0.15) is 16.2 Å². The maximum Gasteiger partial charge on any atom is 0.360 e. The van der Waals surface area contributed by atoms with Gasteiger partial charge in [0.05, 0.1) is 11.8 Å². The average molecular weight is 317 g/mol. The van der Waals surface area contributed by atoms with Crippen LogP contribution in [0.15, 0.2) is 29.6 Å². The van der Waals surface area contributed by atoms with E-state index in [1.807, 2.05) is 5.38 Å². The Morgan fingerprint density at radius 1 is 1.32 bits per heavy atom. The predicted molar refractivity (Wildman–Crippen MR) is 82.8 cm³/mol. The van der Waals surface area contributed by atoms with Crippen LogP contribution in [0.5, 0.6) is 5.75 Å². The van der Waals surface area contributed by atoms with Gasteiger partial charge in [0.15, 0.2) is 11.4 Å². The van der Waals surface area contributed by atoms with Gasteiger partial charge in [-0.15, -0.1) is 11.3 Å². The van der Waals surface area contributed by atoms with Gasteiger partial charge in [-0.3, -0.25) is 0 Å². The molecule has 3 rings (SSSR count). The number of benzene rings is 1. The minimum Gasteiger partial charge on any atom is -0.504 e. The molecule has 112 valence electrons. The van der Waals surface area contributed by atoms with E-state index in [1.165, 1.54) is 30.6 Å². The number of methoxy groups -OCH3 is 1. The highest BCUT2D eigenvalue weighted by atomic mass is 32.1. The molecule has 1 N–H and O–H groups in total. The number of ether oxygens (including phenoxy) is 1. The van der Waals surface area contributed by atoms with Crippen LogP contribution in [0.3, 0.4) is 0 Å². The van der Waals surface area contributed by atoms with E-state index < -0.39 is 5.97 Å². The van der Waals surface area contributed by atoms with E-state index in [4.69, 9.17) is 0 Å². The van der Waals surface area contributed by atoms with Crippen molar-refractivity contribution in [3.63, 3.8) is 0 Å². The Morgan fingerprint density at radius 3 is 2.64 bits per heavy atom. The third-order valence-corrected chi connectivity index (χ3v) is 4.39. The first-order chi connectivity index (χ1) is 10.5. The Morgan fingerprint density at radius 2 is 2.00 bits per heavy atom. The van der Waals surface area contributed by atoms with E-state index in [0.29, 0.717) is 10.4 Å². The second-order valence-corrected chi connectivity index (χ2v) is 5.63. The Bertz CT molecular complexity index is 871. The van der Waals surface area contributed by atoms with Crippen LogP contribution in [0.4, 0.5) is 4.39 Å². The number of aryl methyl sites for hydroxylation is 1. The normalized spacial score (nSPS) is 10.9. The number of fused-ring (bicyclic) bond motifs is 1. The van der Waals surface area contributed by atoms with Gasteiger partial charge in [-0.05, 0) is 24.6 Å². The number of nitrogens with zero attached hydrogens (tertiary/aromatic N) is 1. The first kappa shape index (κ1) is 14.5. The zero-order valence-electron chi connectivity index (χ0n) is 11.9. The molecule has 0 amide bonds. The molecule has 3 aromatic rings. The third-order valence-electron chi connectivity index (χ3n) is 3.41. The molecule has 2 aromatic heterocycles. The van der Waals surface area contributed by atoms with Crippen molar-refractivity contribution in [1.29, 1.82) is 0 Å². The number of carbonyl (C=O) groups is 1. The van der Waals surface area contributed by atoms with Gasteiger partial charge in [0.2, 0.25) is 0 Å². The molecule has 0 saturated carbocycles. The van der Waals surface area contributed by atoms with Gasteiger partial charge >= 0.3 is 5.97 Å². The standard InChI is InChI=1S/C16H12FNO3S/c1-8-12-11(9-3-5-10(17)6-4-9)7-22-15(12)14(19)13(18-8)16(20)21-2/h3-7,19H,1-2H3. The van der Waals surface area contributed by atoms with Gasteiger partial charge < -0.3 is 9.84 Å². The Hall–Kier alpha value is -2.47. The second kappa shape index (κ2) is 5.38. The average Bonchev–Trinajstić information content (AvgIpc) is 2.96. The molecule has 6 heteroatoms. The van der Waals surface area contributed by atoms with Gasteiger partial charge in [-0.1, -0.05) is 12.1 Å². The molecule has 0 radical (unpaired) electrons. The van der Waals surface area contributed by atoms with Crippen molar-refractivity contribution in [2.24, 2.45) is 0 Å². The van der Waals surface area contributed by atoms with Crippen LogP contribution < -0.4 is 0 Å². The minimum atomic E-state index is -0.681. The summed E-state index contributed by atoms with van der Waals surface area (Å²) in [6, 6.07) is 6.09. The highest BCUT2D eigenvalue weighted by Gasteiger charge is 2.21. The number of hydrogen-bond acceptors (Lipinski definition) is 5. The van der Waals surface area contributed by atoms with E-state index in [1.54, 1.807) is 19.1 Å². The van der Waals surface area contributed by atoms with Gasteiger partial charge in [0.25, 0.3) is 0 Å². The smallest absolute Gasteiger partial charge is 0.360 e. The number of thiophene rings is 1. The molecular formula is C16H12FNO3S. The molecule has 0 spiro atoms. The summed E-state index contributed by atoms with van der Waals surface area (Å²) in [7, 11) is 1.24. The number of aromatic nitrogens is 1. The number of rotatable bonds is 2. The molecule has 0 atom stereocenters. The van der Waals surface area contributed by atoms with Crippen LogP contribution in [0.2, 0.25) is 0 Å². The Balaban J connectivity index is 2.26. The van der Waals surface area contributed by atoms with Crippen LogP contribution in [-0.2, 0) is 4.74 Å². The number of esters is 1. The summed E-state index contributed by atoms with van der Waals surface area (Å²) in [5, 5.41) is 12.9. The van der Waals surface area contributed by atoms with Crippen molar-refractivity contribution in [3.8, 4) is 16.9 Å². The van der Waals surface area contributed by atoms with Crippen molar-refractivity contribution in [1.82, 2.24) is 4.98 Å². The van der Waals surface area contributed by atoms with Gasteiger partial charge in [0, 0.05) is 22.0 Å². The largest absolute Gasteiger partial charge is 0.504 e.